The molecule has 2 aromatic rings. The first kappa shape index (κ1) is 26.1. The number of rotatable bonds is 10. The van der Waals surface area contributed by atoms with Crippen LogP contribution in [0.15, 0.2) is 48.5 Å². The molecule has 0 heterocycles. The van der Waals surface area contributed by atoms with Crippen LogP contribution in [0.3, 0.4) is 0 Å². The molecule has 0 radical (unpaired) electrons. The van der Waals surface area contributed by atoms with Gasteiger partial charge in [-0.25, -0.2) is 0 Å². The maximum Gasteiger partial charge on any atom is 0.461 e. The highest BCUT2D eigenvalue weighted by Crippen LogP contribution is 2.35. The molecule has 1 saturated carbocycles. The Morgan fingerprint density at radius 3 is 2.15 bits per heavy atom. The van der Waals surface area contributed by atoms with Gasteiger partial charge >= 0.3 is 12.5 Å². The second kappa shape index (κ2) is 12.8. The van der Waals surface area contributed by atoms with Crippen molar-refractivity contribution in [3.63, 3.8) is 0 Å². The molecule has 1 nitrogen and oxygen atoms in total. The Labute approximate surface area is 200 Å². The molecule has 0 aromatic heterocycles. The Hall–Kier alpha value is -2.48. The van der Waals surface area contributed by atoms with Gasteiger partial charge in [0.1, 0.15) is 5.75 Å². The molecule has 0 atom stereocenters. The monoisotopic (exact) mass is 474 g/mol. The second-order valence-electron chi connectivity index (χ2n) is 9.21. The van der Waals surface area contributed by atoms with Crippen molar-refractivity contribution in [3.05, 3.63) is 65.2 Å². The molecule has 0 bridgehead atoms. The Morgan fingerprint density at radius 1 is 0.882 bits per heavy atom. The van der Waals surface area contributed by atoms with Crippen molar-refractivity contribution in [3.8, 4) is 17.6 Å². The summed E-state index contributed by atoms with van der Waals surface area (Å²) in [4.78, 5) is 0. The van der Waals surface area contributed by atoms with Gasteiger partial charge in [0.2, 0.25) is 0 Å². The van der Waals surface area contributed by atoms with Gasteiger partial charge in [0, 0.05) is 11.5 Å². The van der Waals surface area contributed by atoms with E-state index in [0.29, 0.717) is 17.4 Å². The average molecular weight is 475 g/mol. The van der Waals surface area contributed by atoms with Crippen LogP contribution in [0.25, 0.3) is 0 Å². The zero-order valence-electron chi connectivity index (χ0n) is 19.8. The van der Waals surface area contributed by atoms with Gasteiger partial charge in [0.05, 0.1) is 0 Å². The smallest absolute Gasteiger partial charge is 0.428 e. The number of ether oxygens (including phenoxy) is 1. The summed E-state index contributed by atoms with van der Waals surface area (Å²) in [6.07, 6.45) is 3.57. The van der Waals surface area contributed by atoms with Gasteiger partial charge in [-0.15, -0.1) is 0 Å². The van der Waals surface area contributed by atoms with Gasteiger partial charge in [0.15, 0.2) is 0 Å². The third-order valence-corrected chi connectivity index (χ3v) is 6.53. The Bertz CT molecular complexity index is 917. The van der Waals surface area contributed by atoms with E-state index in [1.807, 2.05) is 0 Å². The van der Waals surface area contributed by atoms with E-state index in [9.17, 15) is 17.6 Å². The summed E-state index contributed by atoms with van der Waals surface area (Å²) in [6, 6.07) is 14.7. The molecular weight excluding hydrogens is 440 g/mol. The molecule has 0 spiro atoms. The van der Waals surface area contributed by atoms with E-state index >= 15 is 0 Å². The Kier molecular flexibility index (Phi) is 9.86. The molecule has 5 heteroatoms. The fraction of sp³-hybridized carbons (Fsp3) is 0.517. The van der Waals surface area contributed by atoms with Gasteiger partial charge in [-0.3, -0.25) is 0 Å². The van der Waals surface area contributed by atoms with Crippen LogP contribution < -0.4 is 4.74 Å². The standard InChI is InChI=1S/C29H34F4O/c1-2-3-4-5-6-7-22-10-16-25(17-11-22)26-18-12-23(13-19-26)8-9-24-14-20-27(21-15-24)34-29(32,33)28(30)31/h10-11,14-17,20-21,23,26,28H,2-7,12-13,18-19H2,1H3/t23-,26-. The zero-order chi connectivity index (χ0) is 24.4. The van der Waals surface area contributed by atoms with E-state index in [1.54, 1.807) is 0 Å². The van der Waals surface area contributed by atoms with E-state index in [-0.39, 0.29) is 5.75 Å². The quantitative estimate of drug-likeness (QED) is 0.190. The highest BCUT2D eigenvalue weighted by molar-refractivity contribution is 5.39. The molecule has 3 rings (SSSR count). The van der Waals surface area contributed by atoms with Crippen LogP contribution >= 0.6 is 0 Å². The number of hydrogen-bond acceptors (Lipinski definition) is 1. The fourth-order valence-corrected chi connectivity index (χ4v) is 4.45. The molecule has 0 amide bonds. The Balaban J connectivity index is 1.44. The van der Waals surface area contributed by atoms with Crippen molar-refractivity contribution < 1.29 is 22.3 Å². The van der Waals surface area contributed by atoms with Crippen LogP contribution in [-0.4, -0.2) is 12.5 Å². The lowest BCUT2D eigenvalue weighted by molar-refractivity contribution is -0.253. The van der Waals surface area contributed by atoms with Crippen molar-refractivity contribution >= 4 is 0 Å². The van der Waals surface area contributed by atoms with Crippen LogP contribution in [0.5, 0.6) is 5.75 Å². The number of halogens is 4. The van der Waals surface area contributed by atoms with Gasteiger partial charge in [-0.1, -0.05) is 68.7 Å². The summed E-state index contributed by atoms with van der Waals surface area (Å²) in [6.45, 7) is 2.24. The topological polar surface area (TPSA) is 9.23 Å². The minimum atomic E-state index is -4.50. The normalized spacial score (nSPS) is 18.4. The molecule has 1 aliphatic rings. The summed E-state index contributed by atoms with van der Waals surface area (Å²) in [7, 11) is 0. The van der Waals surface area contributed by atoms with Crippen molar-refractivity contribution in [1.29, 1.82) is 0 Å². The summed E-state index contributed by atoms with van der Waals surface area (Å²) < 4.78 is 54.5. The molecule has 34 heavy (non-hydrogen) atoms. The first-order valence-electron chi connectivity index (χ1n) is 12.4. The van der Waals surface area contributed by atoms with Crippen LogP contribution in [0.1, 0.15) is 87.3 Å². The molecular formula is C29H34F4O. The van der Waals surface area contributed by atoms with Crippen LogP contribution in [-0.2, 0) is 6.42 Å². The fourth-order valence-electron chi connectivity index (χ4n) is 4.45. The number of alkyl halides is 4. The number of hydrogen-bond donors (Lipinski definition) is 0. The third kappa shape index (κ3) is 8.08. The molecule has 0 N–H and O–H groups in total. The maximum atomic E-state index is 13.0. The largest absolute Gasteiger partial charge is 0.461 e. The number of unbranched alkanes of at least 4 members (excludes halogenated alkanes) is 4. The van der Waals surface area contributed by atoms with Crippen molar-refractivity contribution in [2.75, 3.05) is 0 Å². The van der Waals surface area contributed by atoms with E-state index in [0.717, 1.165) is 32.1 Å². The average Bonchev–Trinajstić information content (AvgIpc) is 2.84. The summed E-state index contributed by atoms with van der Waals surface area (Å²) in [5.74, 6) is 6.93. The molecule has 0 unspecified atom stereocenters. The third-order valence-electron chi connectivity index (χ3n) is 6.53. The van der Waals surface area contributed by atoms with Gasteiger partial charge in [0.25, 0.3) is 0 Å². The molecule has 1 aliphatic carbocycles. The van der Waals surface area contributed by atoms with E-state index < -0.39 is 12.5 Å². The molecule has 0 aliphatic heterocycles. The zero-order valence-corrected chi connectivity index (χ0v) is 19.8. The van der Waals surface area contributed by atoms with Crippen LogP contribution in [0, 0.1) is 17.8 Å². The SMILES string of the molecule is CCCCCCCc1ccc([C@H]2CC[C@H](C#Cc3ccc(OC(F)(F)C(F)F)cc3)CC2)cc1. The van der Waals surface area contributed by atoms with Crippen LogP contribution in [0.4, 0.5) is 17.6 Å². The highest BCUT2D eigenvalue weighted by atomic mass is 19.3. The lowest BCUT2D eigenvalue weighted by atomic mass is 9.78. The predicted molar refractivity (Wildman–Crippen MR) is 129 cm³/mol. The molecule has 184 valence electrons. The summed E-state index contributed by atoms with van der Waals surface area (Å²) in [5.41, 5.74) is 3.49. The predicted octanol–water partition coefficient (Wildman–Crippen LogP) is 8.76. The van der Waals surface area contributed by atoms with E-state index in [4.69, 9.17) is 0 Å². The van der Waals surface area contributed by atoms with Crippen molar-refractivity contribution in [2.24, 2.45) is 5.92 Å². The summed E-state index contributed by atoms with van der Waals surface area (Å²) in [5, 5.41) is 0. The number of aryl methyl sites for hydroxylation is 1. The molecule has 0 saturated heterocycles. The van der Waals surface area contributed by atoms with E-state index in [2.05, 4.69) is 47.8 Å². The molecule has 2 aromatic carbocycles. The van der Waals surface area contributed by atoms with Gasteiger partial charge in [-0.05, 0) is 79.8 Å². The Morgan fingerprint density at radius 2 is 1.53 bits per heavy atom. The first-order valence-corrected chi connectivity index (χ1v) is 12.4. The molecule has 1 fully saturated rings. The van der Waals surface area contributed by atoms with Crippen molar-refractivity contribution in [2.45, 2.75) is 89.6 Å². The first-order chi connectivity index (χ1) is 16.4. The minimum Gasteiger partial charge on any atom is -0.428 e. The minimum absolute atomic E-state index is 0.303. The second-order valence-corrected chi connectivity index (χ2v) is 9.21. The summed E-state index contributed by atoms with van der Waals surface area (Å²) >= 11 is 0. The number of benzene rings is 2. The lowest BCUT2D eigenvalue weighted by Crippen LogP contribution is -2.33. The highest BCUT2D eigenvalue weighted by Gasteiger charge is 2.43. The maximum absolute atomic E-state index is 13.0. The van der Waals surface area contributed by atoms with Crippen molar-refractivity contribution in [1.82, 2.24) is 0 Å². The van der Waals surface area contributed by atoms with E-state index in [1.165, 1.54) is 67.5 Å². The van der Waals surface area contributed by atoms with Gasteiger partial charge < -0.3 is 4.74 Å². The lowest BCUT2D eigenvalue weighted by Gasteiger charge is -2.26. The van der Waals surface area contributed by atoms with Gasteiger partial charge in [-0.2, -0.15) is 17.6 Å². The van der Waals surface area contributed by atoms with Crippen LogP contribution in [0.2, 0.25) is 0 Å².